The van der Waals surface area contributed by atoms with Gasteiger partial charge in [-0.3, -0.25) is 14.4 Å². The number of aliphatic hydroxyl groups excluding tert-OH is 1. The first-order valence-corrected chi connectivity index (χ1v) is 13.2. The van der Waals surface area contributed by atoms with E-state index in [-0.39, 0.29) is 12.8 Å². The lowest BCUT2D eigenvalue weighted by atomic mass is 10.0. The van der Waals surface area contributed by atoms with Crippen LogP contribution in [-0.2, 0) is 32.0 Å². The van der Waals surface area contributed by atoms with E-state index in [9.17, 15) is 29.4 Å². The number of carboxylic acid groups (broad SMARTS) is 1. The van der Waals surface area contributed by atoms with Crippen LogP contribution in [0.15, 0.2) is 60.7 Å². The lowest BCUT2D eigenvalue weighted by Crippen LogP contribution is -2.58. The second kappa shape index (κ2) is 15.6. The van der Waals surface area contributed by atoms with Gasteiger partial charge in [0.25, 0.3) is 0 Å². The molecule has 0 aliphatic rings. The highest BCUT2D eigenvalue weighted by molar-refractivity contribution is 7.98. The summed E-state index contributed by atoms with van der Waals surface area (Å²) in [7, 11) is 0. The summed E-state index contributed by atoms with van der Waals surface area (Å²) in [5.74, 6) is -2.62. The van der Waals surface area contributed by atoms with Gasteiger partial charge >= 0.3 is 5.97 Å². The Balaban J connectivity index is 2.26. The number of carbonyl (C=O) groups is 4. The summed E-state index contributed by atoms with van der Waals surface area (Å²) >= 11 is 1.55. The molecular formula is C26H34N4O6S. The molecule has 0 saturated heterocycles. The maximum absolute atomic E-state index is 13.4. The summed E-state index contributed by atoms with van der Waals surface area (Å²) in [4.78, 5) is 50.4. The molecular weight excluding hydrogens is 496 g/mol. The zero-order valence-corrected chi connectivity index (χ0v) is 21.4. The second-order valence-corrected chi connectivity index (χ2v) is 9.46. The van der Waals surface area contributed by atoms with Gasteiger partial charge in [0.1, 0.15) is 18.1 Å². The normalized spacial score (nSPS) is 14.0. The van der Waals surface area contributed by atoms with E-state index < -0.39 is 54.5 Å². The molecule has 0 heterocycles. The Morgan fingerprint density at radius 1 is 0.784 bits per heavy atom. The Morgan fingerprint density at radius 2 is 1.22 bits per heavy atom. The first kappa shape index (κ1) is 29.8. The van der Waals surface area contributed by atoms with Crippen LogP contribution in [-0.4, -0.2) is 76.7 Å². The molecule has 0 bridgehead atoms. The van der Waals surface area contributed by atoms with E-state index in [4.69, 9.17) is 5.73 Å². The molecule has 37 heavy (non-hydrogen) atoms. The fourth-order valence-corrected chi connectivity index (χ4v) is 3.99. The minimum atomic E-state index is -1.53. The standard InChI is InChI=1S/C26H34N4O6S/c1-37-13-12-19(27)23(32)28-20(14-17-8-4-2-5-9-17)24(33)29-21(15-18-10-6-3-7-11-18)25(34)30-22(16-31)26(35)36/h2-11,19-22,31H,12-16,27H2,1H3,(H,28,32)(H,29,33)(H,30,34)(H,35,36). The van der Waals surface area contributed by atoms with Crippen LogP contribution in [0.1, 0.15) is 17.5 Å². The first-order chi connectivity index (χ1) is 17.7. The lowest BCUT2D eigenvalue weighted by Gasteiger charge is -2.25. The van der Waals surface area contributed by atoms with Crippen LogP contribution in [0.25, 0.3) is 0 Å². The summed E-state index contributed by atoms with van der Waals surface area (Å²) in [5.41, 5.74) is 7.51. The monoisotopic (exact) mass is 530 g/mol. The summed E-state index contributed by atoms with van der Waals surface area (Å²) < 4.78 is 0. The number of aliphatic carboxylic acids is 1. The van der Waals surface area contributed by atoms with Crippen molar-refractivity contribution >= 4 is 35.5 Å². The van der Waals surface area contributed by atoms with Gasteiger partial charge in [-0.1, -0.05) is 60.7 Å². The topological polar surface area (TPSA) is 171 Å². The number of hydrogen-bond donors (Lipinski definition) is 6. The average molecular weight is 531 g/mol. The molecule has 11 heteroatoms. The molecule has 7 N–H and O–H groups in total. The molecule has 10 nitrogen and oxygen atoms in total. The van der Waals surface area contributed by atoms with Gasteiger partial charge in [-0.25, -0.2) is 4.79 Å². The number of nitrogens with one attached hydrogen (secondary N) is 3. The van der Waals surface area contributed by atoms with Crippen molar-refractivity contribution in [2.24, 2.45) is 5.73 Å². The van der Waals surface area contributed by atoms with Gasteiger partial charge in [0.2, 0.25) is 17.7 Å². The zero-order chi connectivity index (χ0) is 27.2. The molecule has 0 fully saturated rings. The van der Waals surface area contributed by atoms with E-state index in [0.717, 1.165) is 11.1 Å². The minimum Gasteiger partial charge on any atom is -0.480 e. The Bertz CT molecular complexity index is 1020. The molecule has 4 unspecified atom stereocenters. The smallest absolute Gasteiger partial charge is 0.328 e. The van der Waals surface area contributed by atoms with Gasteiger partial charge in [-0.2, -0.15) is 11.8 Å². The third-order valence-corrected chi connectivity index (χ3v) is 6.24. The number of hydrogen-bond acceptors (Lipinski definition) is 7. The number of rotatable bonds is 15. The number of thioether (sulfide) groups is 1. The van der Waals surface area contributed by atoms with Gasteiger partial charge in [-0.05, 0) is 29.6 Å². The van der Waals surface area contributed by atoms with E-state index in [0.29, 0.717) is 12.2 Å². The molecule has 0 aliphatic carbocycles. The fraction of sp³-hybridized carbons (Fsp3) is 0.385. The van der Waals surface area contributed by atoms with Gasteiger partial charge in [-0.15, -0.1) is 0 Å². The Labute approximate surface area is 220 Å². The van der Waals surface area contributed by atoms with Crippen molar-refractivity contribution in [3.05, 3.63) is 71.8 Å². The van der Waals surface area contributed by atoms with Crippen LogP contribution in [0.4, 0.5) is 0 Å². The number of carbonyl (C=O) groups excluding carboxylic acids is 3. The van der Waals surface area contributed by atoms with Crippen LogP contribution in [0, 0.1) is 0 Å². The van der Waals surface area contributed by atoms with Crippen molar-refractivity contribution in [3.8, 4) is 0 Å². The lowest BCUT2D eigenvalue weighted by molar-refractivity contribution is -0.143. The Hall–Kier alpha value is -3.41. The highest BCUT2D eigenvalue weighted by Gasteiger charge is 2.30. The fourth-order valence-electron chi connectivity index (χ4n) is 3.50. The van der Waals surface area contributed by atoms with E-state index in [1.165, 1.54) is 0 Å². The summed E-state index contributed by atoms with van der Waals surface area (Å²) in [6, 6.07) is 13.4. The van der Waals surface area contributed by atoms with Crippen molar-refractivity contribution in [2.75, 3.05) is 18.6 Å². The maximum Gasteiger partial charge on any atom is 0.328 e. The van der Waals surface area contributed by atoms with Gasteiger partial charge < -0.3 is 31.9 Å². The Morgan fingerprint density at radius 3 is 1.62 bits per heavy atom. The average Bonchev–Trinajstić information content (AvgIpc) is 2.90. The number of amides is 3. The number of carboxylic acids is 1. The first-order valence-electron chi connectivity index (χ1n) is 11.8. The van der Waals surface area contributed by atoms with Crippen molar-refractivity contribution in [3.63, 3.8) is 0 Å². The molecule has 4 atom stereocenters. The summed E-state index contributed by atoms with van der Waals surface area (Å²) in [6.07, 6.45) is 2.56. The predicted molar refractivity (Wildman–Crippen MR) is 142 cm³/mol. The highest BCUT2D eigenvalue weighted by Crippen LogP contribution is 2.08. The number of benzene rings is 2. The van der Waals surface area contributed by atoms with Crippen LogP contribution in [0.5, 0.6) is 0 Å². The molecule has 0 aromatic heterocycles. The summed E-state index contributed by atoms with van der Waals surface area (Å²) in [5, 5.41) is 26.1. The van der Waals surface area contributed by atoms with Gasteiger partial charge in [0.05, 0.1) is 12.6 Å². The number of aliphatic hydroxyl groups is 1. The van der Waals surface area contributed by atoms with E-state index in [1.54, 1.807) is 42.1 Å². The van der Waals surface area contributed by atoms with Crippen molar-refractivity contribution in [1.29, 1.82) is 0 Å². The second-order valence-electron chi connectivity index (χ2n) is 8.47. The van der Waals surface area contributed by atoms with Crippen LogP contribution >= 0.6 is 11.8 Å². The summed E-state index contributed by atoms with van der Waals surface area (Å²) in [6.45, 7) is -0.812. The SMILES string of the molecule is CSCCC(N)C(=O)NC(Cc1ccccc1)C(=O)NC(Cc1ccccc1)C(=O)NC(CO)C(=O)O. The number of nitrogens with two attached hydrogens (primary N) is 1. The van der Waals surface area contributed by atoms with Crippen LogP contribution in [0.2, 0.25) is 0 Å². The third-order valence-electron chi connectivity index (χ3n) is 5.60. The molecule has 0 aliphatic heterocycles. The van der Waals surface area contributed by atoms with Crippen molar-refractivity contribution in [2.45, 2.75) is 43.4 Å². The Kier molecular flexibility index (Phi) is 12.6. The maximum atomic E-state index is 13.4. The van der Waals surface area contributed by atoms with Crippen LogP contribution < -0.4 is 21.7 Å². The van der Waals surface area contributed by atoms with Gasteiger partial charge in [0, 0.05) is 12.8 Å². The third kappa shape index (κ3) is 10.2. The molecule has 2 rings (SSSR count). The largest absolute Gasteiger partial charge is 0.480 e. The highest BCUT2D eigenvalue weighted by atomic mass is 32.2. The molecule has 0 spiro atoms. The molecule has 2 aromatic carbocycles. The van der Waals surface area contributed by atoms with Crippen molar-refractivity contribution < 1.29 is 29.4 Å². The predicted octanol–water partition coefficient (Wildman–Crippen LogP) is 0.0835. The quantitative estimate of drug-likeness (QED) is 0.188. The van der Waals surface area contributed by atoms with E-state index in [2.05, 4.69) is 16.0 Å². The molecule has 2 aromatic rings. The van der Waals surface area contributed by atoms with Gasteiger partial charge in [0.15, 0.2) is 0 Å². The van der Waals surface area contributed by atoms with E-state index in [1.807, 2.05) is 36.6 Å². The molecule has 0 radical (unpaired) electrons. The van der Waals surface area contributed by atoms with Crippen LogP contribution in [0.3, 0.4) is 0 Å². The van der Waals surface area contributed by atoms with Crippen molar-refractivity contribution in [1.82, 2.24) is 16.0 Å². The van der Waals surface area contributed by atoms with E-state index >= 15 is 0 Å². The zero-order valence-electron chi connectivity index (χ0n) is 20.6. The molecule has 200 valence electrons. The minimum absolute atomic E-state index is 0.0649. The molecule has 0 saturated carbocycles. The molecule has 3 amide bonds.